The molecule has 1 atom stereocenters. The second-order valence-corrected chi connectivity index (χ2v) is 4.70. The Labute approximate surface area is 110 Å². The van der Waals surface area contributed by atoms with Gasteiger partial charge in [-0.2, -0.15) is 0 Å². The third-order valence-electron chi connectivity index (χ3n) is 3.21. The Morgan fingerprint density at radius 3 is 2.89 bits per heavy atom. The highest BCUT2D eigenvalue weighted by atomic mass is 16.5. The number of aryl methyl sites for hydroxylation is 1. The van der Waals surface area contributed by atoms with E-state index >= 15 is 0 Å². The molecule has 0 saturated carbocycles. The van der Waals surface area contributed by atoms with Crippen LogP contribution in [0.25, 0.3) is 0 Å². The van der Waals surface area contributed by atoms with Crippen LogP contribution in [0.2, 0.25) is 0 Å². The zero-order chi connectivity index (χ0) is 14.0. The van der Waals surface area contributed by atoms with Crippen molar-refractivity contribution in [3.63, 3.8) is 0 Å². The van der Waals surface area contributed by atoms with Gasteiger partial charge in [-0.05, 0) is 6.92 Å². The number of nitrogens with zero attached hydrogens (tertiary/aromatic N) is 2. The third kappa shape index (κ3) is 2.60. The van der Waals surface area contributed by atoms with Gasteiger partial charge in [-0.25, -0.2) is 0 Å². The van der Waals surface area contributed by atoms with Crippen molar-refractivity contribution in [2.24, 2.45) is 5.73 Å². The number of hydrogen-bond donors (Lipinski definition) is 1. The fraction of sp³-hybridized carbons (Fsp3) is 0.583. The van der Waals surface area contributed by atoms with Crippen LogP contribution in [-0.2, 0) is 16.0 Å². The van der Waals surface area contributed by atoms with Crippen molar-refractivity contribution in [2.75, 3.05) is 19.7 Å². The van der Waals surface area contributed by atoms with Gasteiger partial charge in [0.25, 0.3) is 11.8 Å². The molecule has 2 amide bonds. The third-order valence-corrected chi connectivity index (χ3v) is 3.21. The minimum absolute atomic E-state index is 0.121. The summed E-state index contributed by atoms with van der Waals surface area (Å²) in [6, 6.07) is 1.61. The van der Waals surface area contributed by atoms with Crippen molar-refractivity contribution < 1.29 is 18.8 Å². The van der Waals surface area contributed by atoms with Gasteiger partial charge in [0.1, 0.15) is 5.76 Å². The molecule has 0 aliphatic carbocycles. The van der Waals surface area contributed by atoms with Gasteiger partial charge in [0.2, 0.25) is 0 Å². The second kappa shape index (κ2) is 5.00. The number of rotatable bonds is 3. The number of carbonyl (C=O) groups is 2. The van der Waals surface area contributed by atoms with E-state index in [2.05, 4.69) is 5.16 Å². The number of primary amides is 1. The predicted octanol–water partition coefficient (Wildman–Crippen LogP) is -0.0466. The summed E-state index contributed by atoms with van der Waals surface area (Å²) in [4.78, 5) is 25.1. The number of nitrogens with two attached hydrogens (primary N) is 1. The standard InChI is InChI=1S/C12H17N3O4/c1-3-8-6-9(14-19-8)10(16)15-4-5-18-12(2,7-15)11(13)17/h6H,3-5,7H2,1-2H3,(H2,13,17). The van der Waals surface area contributed by atoms with E-state index in [-0.39, 0.29) is 24.8 Å². The molecule has 0 radical (unpaired) electrons. The van der Waals surface area contributed by atoms with Gasteiger partial charge in [-0.1, -0.05) is 12.1 Å². The molecule has 1 unspecified atom stereocenters. The number of carbonyl (C=O) groups excluding carboxylic acids is 2. The SMILES string of the molecule is CCc1cc(C(=O)N2CCOC(C)(C(N)=O)C2)no1. The van der Waals surface area contributed by atoms with E-state index in [1.807, 2.05) is 6.92 Å². The summed E-state index contributed by atoms with van der Waals surface area (Å²) < 4.78 is 10.4. The number of ether oxygens (including phenoxy) is 1. The van der Waals surface area contributed by atoms with Gasteiger partial charge in [0, 0.05) is 19.0 Å². The van der Waals surface area contributed by atoms with Crippen LogP contribution in [-0.4, -0.2) is 47.2 Å². The number of aromatic nitrogens is 1. The first kappa shape index (κ1) is 13.5. The maximum absolute atomic E-state index is 12.2. The van der Waals surface area contributed by atoms with Gasteiger partial charge < -0.3 is 19.9 Å². The van der Waals surface area contributed by atoms with Crippen LogP contribution in [0.1, 0.15) is 30.1 Å². The first-order valence-corrected chi connectivity index (χ1v) is 6.15. The van der Waals surface area contributed by atoms with E-state index < -0.39 is 11.5 Å². The fourth-order valence-electron chi connectivity index (χ4n) is 1.93. The summed E-state index contributed by atoms with van der Waals surface area (Å²) in [6.07, 6.45) is 0.669. The average molecular weight is 267 g/mol. The lowest BCUT2D eigenvalue weighted by molar-refractivity contribution is -0.150. The smallest absolute Gasteiger partial charge is 0.276 e. The lowest BCUT2D eigenvalue weighted by Gasteiger charge is -2.37. The topological polar surface area (TPSA) is 98.7 Å². The van der Waals surface area contributed by atoms with Gasteiger partial charge in [-0.15, -0.1) is 0 Å². The van der Waals surface area contributed by atoms with Crippen molar-refractivity contribution >= 4 is 11.8 Å². The Kier molecular flexibility index (Phi) is 3.57. The van der Waals surface area contributed by atoms with Gasteiger partial charge in [0.15, 0.2) is 11.3 Å². The molecule has 1 aromatic heterocycles. The molecule has 1 fully saturated rings. The zero-order valence-corrected chi connectivity index (χ0v) is 11.0. The molecule has 2 N–H and O–H groups in total. The van der Waals surface area contributed by atoms with Gasteiger partial charge >= 0.3 is 0 Å². The van der Waals surface area contributed by atoms with Crippen LogP contribution < -0.4 is 5.73 Å². The van der Waals surface area contributed by atoms with Crippen molar-refractivity contribution in [1.82, 2.24) is 10.1 Å². The maximum Gasteiger partial charge on any atom is 0.276 e. The summed E-state index contributed by atoms with van der Waals surface area (Å²) in [7, 11) is 0. The molecule has 2 heterocycles. The van der Waals surface area contributed by atoms with Crippen molar-refractivity contribution in [3.8, 4) is 0 Å². The first-order chi connectivity index (χ1) is 8.96. The Balaban J connectivity index is 2.13. The van der Waals surface area contributed by atoms with Gasteiger partial charge in [-0.3, -0.25) is 9.59 Å². The Morgan fingerprint density at radius 1 is 1.58 bits per heavy atom. The average Bonchev–Trinajstić information content (AvgIpc) is 2.86. The summed E-state index contributed by atoms with van der Waals surface area (Å²) in [5.74, 6) is -0.215. The van der Waals surface area contributed by atoms with E-state index in [4.69, 9.17) is 15.0 Å². The van der Waals surface area contributed by atoms with Crippen molar-refractivity contribution in [2.45, 2.75) is 25.9 Å². The molecule has 0 spiro atoms. The molecule has 0 bridgehead atoms. The van der Waals surface area contributed by atoms with E-state index in [0.717, 1.165) is 0 Å². The maximum atomic E-state index is 12.2. The van der Waals surface area contributed by atoms with Crippen molar-refractivity contribution in [1.29, 1.82) is 0 Å². The second-order valence-electron chi connectivity index (χ2n) is 4.70. The molecule has 2 rings (SSSR count). The molecule has 7 heteroatoms. The molecule has 104 valence electrons. The van der Waals surface area contributed by atoms with Crippen LogP contribution >= 0.6 is 0 Å². The molecule has 1 aliphatic heterocycles. The van der Waals surface area contributed by atoms with Crippen LogP contribution in [0, 0.1) is 0 Å². The van der Waals surface area contributed by atoms with Crippen LogP contribution in [0.5, 0.6) is 0 Å². The monoisotopic (exact) mass is 267 g/mol. The molecular formula is C12H17N3O4. The van der Waals surface area contributed by atoms with E-state index in [1.54, 1.807) is 13.0 Å². The van der Waals surface area contributed by atoms with Crippen LogP contribution in [0.3, 0.4) is 0 Å². The molecule has 19 heavy (non-hydrogen) atoms. The van der Waals surface area contributed by atoms with Crippen molar-refractivity contribution in [3.05, 3.63) is 17.5 Å². The largest absolute Gasteiger partial charge is 0.367 e. The van der Waals surface area contributed by atoms with Crippen LogP contribution in [0.4, 0.5) is 0 Å². The highest BCUT2D eigenvalue weighted by Crippen LogP contribution is 2.19. The lowest BCUT2D eigenvalue weighted by Crippen LogP contribution is -2.58. The number of morpholine rings is 1. The summed E-state index contributed by atoms with van der Waals surface area (Å²) in [6.45, 7) is 4.28. The molecule has 1 aromatic rings. The van der Waals surface area contributed by atoms with Gasteiger partial charge in [0.05, 0.1) is 13.2 Å². The molecule has 0 aromatic carbocycles. The molecule has 1 aliphatic rings. The number of amides is 2. The quantitative estimate of drug-likeness (QED) is 0.828. The lowest BCUT2D eigenvalue weighted by atomic mass is 10.0. The van der Waals surface area contributed by atoms with E-state index in [1.165, 1.54) is 4.90 Å². The normalized spacial score (nSPS) is 23.4. The molecule has 1 saturated heterocycles. The predicted molar refractivity (Wildman–Crippen MR) is 65.3 cm³/mol. The minimum Gasteiger partial charge on any atom is -0.367 e. The number of hydrogen-bond acceptors (Lipinski definition) is 5. The molecule has 7 nitrogen and oxygen atoms in total. The summed E-state index contributed by atoms with van der Waals surface area (Å²) in [5.41, 5.74) is 4.39. The Bertz CT molecular complexity index is 499. The summed E-state index contributed by atoms with van der Waals surface area (Å²) in [5, 5.41) is 3.73. The molecular weight excluding hydrogens is 250 g/mol. The Hall–Kier alpha value is -1.89. The highest BCUT2D eigenvalue weighted by molar-refractivity contribution is 5.93. The van der Waals surface area contributed by atoms with E-state index in [0.29, 0.717) is 18.7 Å². The Morgan fingerprint density at radius 2 is 2.32 bits per heavy atom. The highest BCUT2D eigenvalue weighted by Gasteiger charge is 2.39. The van der Waals surface area contributed by atoms with E-state index in [9.17, 15) is 9.59 Å². The first-order valence-electron chi connectivity index (χ1n) is 6.15. The minimum atomic E-state index is -1.15. The fourth-order valence-corrected chi connectivity index (χ4v) is 1.93. The summed E-state index contributed by atoms with van der Waals surface area (Å²) >= 11 is 0. The zero-order valence-electron chi connectivity index (χ0n) is 11.0. The van der Waals surface area contributed by atoms with Crippen LogP contribution in [0.15, 0.2) is 10.6 Å².